The minimum atomic E-state index is -3.63. The molecule has 6 nitrogen and oxygen atoms in total. The molecule has 0 aliphatic rings. The second-order valence-corrected chi connectivity index (χ2v) is 8.55. The maximum atomic E-state index is 12.4. The quantitative estimate of drug-likeness (QED) is 0.586. The molecule has 7 heteroatoms. The van der Waals surface area contributed by atoms with Crippen molar-refractivity contribution in [3.8, 4) is 11.5 Å². The minimum Gasteiger partial charge on any atom is -0.469 e. The normalized spacial score (nSPS) is 11.6. The third kappa shape index (κ3) is 4.95. The highest BCUT2D eigenvalue weighted by Gasteiger charge is 2.22. The van der Waals surface area contributed by atoms with E-state index in [-0.39, 0.29) is 18.0 Å². The van der Waals surface area contributed by atoms with Crippen LogP contribution in [-0.4, -0.2) is 24.9 Å². The molecule has 142 valence electrons. The summed E-state index contributed by atoms with van der Waals surface area (Å²) >= 11 is 0. The van der Waals surface area contributed by atoms with Crippen molar-refractivity contribution in [2.24, 2.45) is 0 Å². The summed E-state index contributed by atoms with van der Waals surface area (Å²) < 4.78 is 35.6. The first kappa shape index (κ1) is 19.1. The van der Waals surface area contributed by atoms with Crippen LogP contribution in [0.15, 0.2) is 51.5 Å². The van der Waals surface area contributed by atoms with Crippen molar-refractivity contribution in [2.75, 3.05) is 5.75 Å². The number of aromatic nitrogens is 1. The van der Waals surface area contributed by atoms with Gasteiger partial charge in [0.15, 0.2) is 9.84 Å². The number of benzene rings is 1. The van der Waals surface area contributed by atoms with Gasteiger partial charge in [0.2, 0.25) is 5.89 Å². The van der Waals surface area contributed by atoms with E-state index in [1.54, 1.807) is 19.1 Å². The molecular formula is C20H21NO5S. The van der Waals surface area contributed by atoms with Crippen molar-refractivity contribution in [3.63, 3.8) is 0 Å². The van der Waals surface area contributed by atoms with Gasteiger partial charge in [-0.1, -0.05) is 18.2 Å². The first-order valence-corrected chi connectivity index (χ1v) is 10.4. The number of hydrogen-bond acceptors (Lipinski definition) is 6. The Balaban J connectivity index is 1.67. The Morgan fingerprint density at radius 3 is 2.59 bits per heavy atom. The molecule has 2 heterocycles. The number of carbonyl (C=O) groups excluding carboxylic acids is 1. The summed E-state index contributed by atoms with van der Waals surface area (Å²) in [5.74, 6) is 0.322. The van der Waals surface area contributed by atoms with Crippen molar-refractivity contribution in [2.45, 2.75) is 32.4 Å². The molecule has 0 aliphatic heterocycles. The number of nitrogens with zero attached hydrogens (tertiary/aromatic N) is 1. The lowest BCUT2D eigenvalue weighted by Gasteiger charge is -2.02. The van der Waals surface area contributed by atoms with Crippen molar-refractivity contribution >= 4 is 15.6 Å². The number of ketones is 1. The zero-order chi connectivity index (χ0) is 19.4. The second kappa shape index (κ2) is 7.92. The summed E-state index contributed by atoms with van der Waals surface area (Å²) in [6, 6.07) is 11.1. The van der Waals surface area contributed by atoms with Gasteiger partial charge in [-0.3, -0.25) is 4.79 Å². The van der Waals surface area contributed by atoms with Gasteiger partial charge < -0.3 is 8.83 Å². The van der Waals surface area contributed by atoms with Gasteiger partial charge in [0.25, 0.3) is 0 Å². The Labute approximate surface area is 158 Å². The monoisotopic (exact) mass is 387 g/mol. The van der Waals surface area contributed by atoms with Crippen LogP contribution in [0, 0.1) is 13.8 Å². The zero-order valence-electron chi connectivity index (χ0n) is 15.3. The van der Waals surface area contributed by atoms with Crippen LogP contribution in [0.5, 0.6) is 0 Å². The fourth-order valence-electron chi connectivity index (χ4n) is 2.78. The largest absolute Gasteiger partial charge is 0.469 e. The highest BCUT2D eigenvalue weighted by Crippen LogP contribution is 2.25. The van der Waals surface area contributed by atoms with Crippen LogP contribution in [0.3, 0.4) is 0 Å². The van der Waals surface area contributed by atoms with Crippen LogP contribution >= 0.6 is 0 Å². The van der Waals surface area contributed by atoms with E-state index in [1.807, 2.05) is 31.2 Å². The molecule has 3 rings (SSSR count). The molecule has 0 bridgehead atoms. The molecule has 3 aromatic rings. The van der Waals surface area contributed by atoms with E-state index in [2.05, 4.69) is 4.98 Å². The molecule has 2 aromatic heterocycles. The molecular weight excluding hydrogens is 366 g/mol. The van der Waals surface area contributed by atoms with Crippen molar-refractivity contribution < 1.29 is 22.0 Å². The Hall–Kier alpha value is -2.67. The third-order valence-corrected chi connectivity index (χ3v) is 5.71. The summed E-state index contributed by atoms with van der Waals surface area (Å²) in [7, 11) is -3.63. The smallest absolute Gasteiger partial charge is 0.226 e. The first-order valence-electron chi connectivity index (χ1n) is 8.61. The van der Waals surface area contributed by atoms with Gasteiger partial charge in [0.1, 0.15) is 23.1 Å². The molecule has 0 unspecified atom stereocenters. The predicted octanol–water partition coefficient (Wildman–Crippen LogP) is 3.67. The van der Waals surface area contributed by atoms with Gasteiger partial charge in [-0.25, -0.2) is 13.4 Å². The molecule has 0 aliphatic carbocycles. The Morgan fingerprint density at radius 1 is 1.11 bits per heavy atom. The van der Waals surface area contributed by atoms with Crippen LogP contribution in [0.1, 0.15) is 29.2 Å². The van der Waals surface area contributed by atoms with Crippen molar-refractivity contribution in [3.05, 3.63) is 65.4 Å². The zero-order valence-corrected chi connectivity index (χ0v) is 16.1. The number of hydrogen-bond donors (Lipinski definition) is 0. The molecule has 1 aromatic carbocycles. The maximum Gasteiger partial charge on any atom is 0.226 e. The molecule has 0 spiro atoms. The number of furan rings is 1. The van der Waals surface area contributed by atoms with Gasteiger partial charge in [-0.05, 0) is 37.6 Å². The Morgan fingerprint density at radius 2 is 1.89 bits per heavy atom. The first-order chi connectivity index (χ1) is 12.8. The molecule has 0 amide bonds. The Kier molecular flexibility index (Phi) is 5.60. The number of rotatable bonds is 8. The lowest BCUT2D eigenvalue weighted by atomic mass is 10.1. The summed E-state index contributed by atoms with van der Waals surface area (Å²) in [6.07, 6.45) is 2.04. The van der Waals surface area contributed by atoms with E-state index in [0.29, 0.717) is 29.5 Å². The van der Waals surface area contributed by atoms with E-state index in [1.165, 1.54) is 6.26 Å². The Bertz CT molecular complexity index is 1030. The molecule has 0 saturated heterocycles. The standard InChI is InChI=1S/C20H21NO5S/c1-14-6-3-4-8-18(14)20-21-19(15(2)26-20)13-27(23,24)12-16(22)9-10-17-7-5-11-25-17/h3-8,11H,9-10,12-13H2,1-2H3. The predicted molar refractivity (Wildman–Crippen MR) is 101 cm³/mol. The maximum absolute atomic E-state index is 12.4. The van der Waals surface area contributed by atoms with Gasteiger partial charge >= 0.3 is 0 Å². The summed E-state index contributed by atoms with van der Waals surface area (Å²) in [4.78, 5) is 16.4. The highest BCUT2D eigenvalue weighted by atomic mass is 32.2. The van der Waals surface area contributed by atoms with Crippen LogP contribution < -0.4 is 0 Å². The number of sulfone groups is 1. The van der Waals surface area contributed by atoms with E-state index in [4.69, 9.17) is 8.83 Å². The minimum absolute atomic E-state index is 0.124. The van der Waals surface area contributed by atoms with Crippen LogP contribution in [0.4, 0.5) is 0 Å². The van der Waals surface area contributed by atoms with Gasteiger partial charge in [0, 0.05) is 18.4 Å². The summed E-state index contributed by atoms with van der Waals surface area (Å²) in [6.45, 7) is 3.61. The van der Waals surface area contributed by atoms with Crippen molar-refractivity contribution in [1.82, 2.24) is 4.98 Å². The molecule has 0 radical (unpaired) electrons. The molecule has 0 saturated carbocycles. The van der Waals surface area contributed by atoms with E-state index >= 15 is 0 Å². The van der Waals surface area contributed by atoms with Crippen LogP contribution in [0.2, 0.25) is 0 Å². The van der Waals surface area contributed by atoms with Gasteiger partial charge in [-0.15, -0.1) is 0 Å². The van der Waals surface area contributed by atoms with E-state index in [9.17, 15) is 13.2 Å². The van der Waals surface area contributed by atoms with Gasteiger partial charge in [-0.2, -0.15) is 0 Å². The fourth-order valence-corrected chi connectivity index (χ4v) is 4.21. The summed E-state index contributed by atoms with van der Waals surface area (Å²) in [5.41, 5.74) is 2.15. The SMILES string of the molecule is Cc1ccccc1-c1nc(CS(=O)(=O)CC(=O)CCc2ccco2)c(C)o1. The second-order valence-electron chi connectivity index (χ2n) is 6.49. The number of carbonyl (C=O) groups is 1. The molecule has 0 N–H and O–H groups in total. The van der Waals surface area contributed by atoms with E-state index < -0.39 is 15.6 Å². The average molecular weight is 387 g/mol. The third-order valence-electron chi connectivity index (χ3n) is 4.24. The lowest BCUT2D eigenvalue weighted by molar-refractivity contribution is -0.116. The van der Waals surface area contributed by atoms with Crippen LogP contribution in [-0.2, 0) is 26.8 Å². The van der Waals surface area contributed by atoms with Crippen LogP contribution in [0.25, 0.3) is 11.5 Å². The van der Waals surface area contributed by atoms with E-state index in [0.717, 1.165) is 11.1 Å². The highest BCUT2D eigenvalue weighted by molar-refractivity contribution is 7.91. The number of oxazole rings is 1. The molecule has 0 atom stereocenters. The van der Waals surface area contributed by atoms with Gasteiger partial charge in [0.05, 0.1) is 17.7 Å². The number of Topliss-reactive ketones (excluding diaryl/α,β-unsaturated/α-hetero) is 1. The lowest BCUT2D eigenvalue weighted by Crippen LogP contribution is -2.18. The molecule has 0 fully saturated rings. The van der Waals surface area contributed by atoms with Crippen molar-refractivity contribution in [1.29, 1.82) is 0 Å². The number of aryl methyl sites for hydroxylation is 3. The topological polar surface area (TPSA) is 90.4 Å². The average Bonchev–Trinajstić information content (AvgIpc) is 3.23. The summed E-state index contributed by atoms with van der Waals surface area (Å²) in [5, 5.41) is 0. The molecule has 27 heavy (non-hydrogen) atoms. The fraction of sp³-hybridized carbons (Fsp3) is 0.300.